The number of rotatable bonds is 6. The Morgan fingerprint density at radius 3 is 2.33 bits per heavy atom. The number of ketones is 1. The zero-order valence-corrected chi connectivity index (χ0v) is 18.2. The SMILES string of the molecule is Cc1[nH]c2ccccc2c1C(=O)[C@@H](C)N1CCN(S(=O)(=O)Cc2ccccc2)CC1. The number of hydrogen-bond donors (Lipinski definition) is 1. The van der Waals surface area contributed by atoms with E-state index in [9.17, 15) is 13.2 Å². The van der Waals surface area contributed by atoms with E-state index in [1.54, 1.807) is 4.31 Å². The molecule has 1 aliphatic rings. The predicted octanol–water partition coefficient (Wildman–Crippen LogP) is 3.20. The van der Waals surface area contributed by atoms with Gasteiger partial charge in [-0.1, -0.05) is 48.5 Å². The van der Waals surface area contributed by atoms with Gasteiger partial charge in [0.1, 0.15) is 0 Å². The van der Waals surface area contributed by atoms with Crippen molar-refractivity contribution >= 4 is 26.7 Å². The fraction of sp³-hybridized carbons (Fsp3) is 0.348. The smallest absolute Gasteiger partial charge is 0.218 e. The van der Waals surface area contributed by atoms with E-state index in [0.29, 0.717) is 26.2 Å². The van der Waals surface area contributed by atoms with Crippen LogP contribution in [0.25, 0.3) is 10.9 Å². The number of aromatic amines is 1. The number of fused-ring (bicyclic) bond motifs is 1. The summed E-state index contributed by atoms with van der Waals surface area (Å²) >= 11 is 0. The number of nitrogens with zero attached hydrogens (tertiary/aromatic N) is 2. The van der Waals surface area contributed by atoms with Gasteiger partial charge in [-0.15, -0.1) is 0 Å². The van der Waals surface area contributed by atoms with Crippen molar-refractivity contribution in [1.29, 1.82) is 0 Å². The summed E-state index contributed by atoms with van der Waals surface area (Å²) in [4.78, 5) is 18.6. The molecule has 1 aromatic heterocycles. The number of sulfonamides is 1. The molecule has 1 atom stereocenters. The van der Waals surface area contributed by atoms with Gasteiger partial charge in [-0.3, -0.25) is 9.69 Å². The summed E-state index contributed by atoms with van der Waals surface area (Å²) in [6, 6.07) is 16.8. The highest BCUT2D eigenvalue weighted by molar-refractivity contribution is 7.88. The predicted molar refractivity (Wildman–Crippen MR) is 119 cm³/mol. The summed E-state index contributed by atoms with van der Waals surface area (Å²) in [6.45, 7) is 5.73. The summed E-state index contributed by atoms with van der Waals surface area (Å²) in [5.74, 6) is 0.0853. The number of aryl methyl sites for hydroxylation is 1. The van der Waals surface area contributed by atoms with Crippen LogP contribution in [0.15, 0.2) is 54.6 Å². The number of benzene rings is 2. The van der Waals surface area contributed by atoms with Crippen LogP contribution >= 0.6 is 0 Å². The number of H-pyrrole nitrogens is 1. The maximum absolute atomic E-state index is 13.3. The van der Waals surface area contributed by atoms with Crippen molar-refractivity contribution in [3.05, 3.63) is 71.4 Å². The molecule has 1 saturated heterocycles. The number of carbonyl (C=O) groups excluding carboxylic acids is 1. The van der Waals surface area contributed by atoms with Crippen molar-refractivity contribution in [2.45, 2.75) is 25.6 Å². The van der Waals surface area contributed by atoms with Gasteiger partial charge in [0.15, 0.2) is 5.78 Å². The minimum atomic E-state index is -3.37. The monoisotopic (exact) mass is 425 g/mol. The Kier molecular flexibility index (Phi) is 5.77. The van der Waals surface area contributed by atoms with Crippen molar-refractivity contribution < 1.29 is 13.2 Å². The van der Waals surface area contributed by atoms with Gasteiger partial charge in [0, 0.05) is 48.3 Å². The standard InChI is InChI=1S/C23H27N3O3S/c1-17-22(20-10-6-7-11-21(20)24-17)23(27)18(2)25-12-14-26(15-13-25)30(28,29)16-19-8-4-3-5-9-19/h3-11,18,24H,12-16H2,1-2H3/t18-/m1/s1. The van der Waals surface area contributed by atoms with Gasteiger partial charge >= 0.3 is 0 Å². The van der Waals surface area contributed by atoms with Crippen LogP contribution in [0.5, 0.6) is 0 Å². The molecule has 158 valence electrons. The normalized spacial score (nSPS) is 17.3. The Hall–Kier alpha value is -2.48. The molecular weight excluding hydrogens is 398 g/mol. The first kappa shape index (κ1) is 20.8. The van der Waals surface area contributed by atoms with Crippen molar-refractivity contribution in [2.24, 2.45) is 0 Å². The first-order chi connectivity index (χ1) is 14.4. The van der Waals surface area contributed by atoms with Gasteiger partial charge in [-0.2, -0.15) is 4.31 Å². The van der Waals surface area contributed by atoms with E-state index in [1.807, 2.05) is 68.4 Å². The Morgan fingerprint density at radius 2 is 1.63 bits per heavy atom. The molecule has 1 aliphatic heterocycles. The molecule has 7 heteroatoms. The topological polar surface area (TPSA) is 73.5 Å². The number of nitrogens with one attached hydrogen (secondary N) is 1. The highest BCUT2D eigenvalue weighted by atomic mass is 32.2. The van der Waals surface area contributed by atoms with Crippen LogP contribution < -0.4 is 0 Å². The van der Waals surface area contributed by atoms with Crippen LogP contribution in [0.2, 0.25) is 0 Å². The third-order valence-corrected chi connectivity index (χ3v) is 7.78. The van der Waals surface area contributed by atoms with Crippen LogP contribution in [0.1, 0.15) is 28.5 Å². The highest BCUT2D eigenvalue weighted by Crippen LogP contribution is 2.25. The average Bonchev–Trinajstić information content (AvgIpc) is 3.09. The van der Waals surface area contributed by atoms with Crippen LogP contribution in [0.4, 0.5) is 0 Å². The second-order valence-corrected chi connectivity index (χ2v) is 9.86. The van der Waals surface area contributed by atoms with Gasteiger partial charge in [0.2, 0.25) is 10.0 Å². The van der Waals surface area contributed by atoms with Crippen molar-refractivity contribution in [3.63, 3.8) is 0 Å². The lowest BCUT2D eigenvalue weighted by Crippen LogP contribution is -2.53. The Bertz CT molecular complexity index is 1150. The van der Waals surface area contributed by atoms with Crippen LogP contribution in [-0.2, 0) is 15.8 Å². The molecule has 0 saturated carbocycles. The van der Waals surface area contributed by atoms with Crippen molar-refractivity contribution in [1.82, 2.24) is 14.2 Å². The average molecular weight is 426 g/mol. The van der Waals surface area contributed by atoms with Crippen molar-refractivity contribution in [3.8, 4) is 0 Å². The molecule has 0 unspecified atom stereocenters. The first-order valence-corrected chi connectivity index (χ1v) is 11.8. The van der Waals surface area contributed by atoms with Crippen LogP contribution in [0, 0.1) is 6.92 Å². The van der Waals surface area contributed by atoms with E-state index in [0.717, 1.165) is 27.7 Å². The molecule has 2 heterocycles. The number of carbonyl (C=O) groups is 1. The fourth-order valence-corrected chi connectivity index (χ4v) is 5.73. The molecule has 6 nitrogen and oxygen atoms in total. The lowest BCUT2D eigenvalue weighted by Gasteiger charge is -2.36. The molecule has 1 fully saturated rings. The number of Topliss-reactive ketones (excluding diaryl/α,β-unsaturated/α-hetero) is 1. The summed E-state index contributed by atoms with van der Waals surface area (Å²) in [7, 11) is -3.37. The third-order valence-electron chi connectivity index (χ3n) is 5.93. The molecule has 1 N–H and O–H groups in total. The maximum atomic E-state index is 13.3. The summed E-state index contributed by atoms with van der Waals surface area (Å²) < 4.78 is 27.1. The fourth-order valence-electron chi connectivity index (χ4n) is 4.21. The quantitative estimate of drug-likeness (QED) is 0.616. The van der Waals surface area contributed by atoms with Crippen LogP contribution in [-0.4, -0.2) is 60.6 Å². The van der Waals surface area contributed by atoms with E-state index in [4.69, 9.17) is 0 Å². The molecule has 0 aliphatic carbocycles. The van der Waals surface area contributed by atoms with Gasteiger partial charge in [-0.05, 0) is 25.5 Å². The summed E-state index contributed by atoms with van der Waals surface area (Å²) in [5.41, 5.74) is 3.36. The van der Waals surface area contributed by atoms with E-state index in [1.165, 1.54) is 0 Å². The molecule has 3 aromatic rings. The van der Waals surface area contributed by atoms with Crippen LogP contribution in [0.3, 0.4) is 0 Å². The third kappa shape index (κ3) is 4.05. The van der Waals surface area contributed by atoms with Gasteiger partial charge < -0.3 is 4.98 Å². The summed E-state index contributed by atoms with van der Waals surface area (Å²) in [6.07, 6.45) is 0. The number of para-hydroxylation sites is 1. The second-order valence-electron chi connectivity index (χ2n) is 7.89. The zero-order valence-electron chi connectivity index (χ0n) is 17.3. The summed E-state index contributed by atoms with van der Waals surface area (Å²) in [5, 5.41) is 0.941. The minimum absolute atomic E-state index is 0.0108. The molecular formula is C23H27N3O3S. The van der Waals surface area contributed by atoms with Gasteiger partial charge in [-0.25, -0.2) is 8.42 Å². The number of aromatic nitrogens is 1. The highest BCUT2D eigenvalue weighted by Gasteiger charge is 2.32. The van der Waals surface area contributed by atoms with E-state index in [2.05, 4.69) is 9.88 Å². The number of piperazine rings is 1. The lowest BCUT2D eigenvalue weighted by atomic mass is 10.0. The Labute approximate surface area is 177 Å². The Morgan fingerprint density at radius 1 is 1.00 bits per heavy atom. The Balaban J connectivity index is 1.43. The van der Waals surface area contributed by atoms with E-state index >= 15 is 0 Å². The first-order valence-electron chi connectivity index (χ1n) is 10.2. The van der Waals surface area contributed by atoms with Gasteiger partial charge in [0.25, 0.3) is 0 Å². The van der Waals surface area contributed by atoms with E-state index < -0.39 is 10.0 Å². The zero-order chi connectivity index (χ0) is 21.3. The molecule has 2 aromatic carbocycles. The molecule has 0 bridgehead atoms. The second kappa shape index (κ2) is 8.34. The van der Waals surface area contributed by atoms with Crippen molar-refractivity contribution in [2.75, 3.05) is 26.2 Å². The molecule has 0 radical (unpaired) electrons. The van der Waals surface area contributed by atoms with Gasteiger partial charge in [0.05, 0.1) is 11.8 Å². The lowest BCUT2D eigenvalue weighted by molar-refractivity contribution is 0.0783. The number of hydrogen-bond acceptors (Lipinski definition) is 4. The molecule has 0 amide bonds. The minimum Gasteiger partial charge on any atom is -0.358 e. The molecule has 0 spiro atoms. The molecule has 30 heavy (non-hydrogen) atoms. The maximum Gasteiger partial charge on any atom is 0.218 e. The van der Waals surface area contributed by atoms with E-state index in [-0.39, 0.29) is 17.6 Å². The largest absolute Gasteiger partial charge is 0.358 e. The molecule has 4 rings (SSSR count).